The van der Waals surface area contributed by atoms with Crippen LogP contribution in [0.15, 0.2) is 46.9 Å². The van der Waals surface area contributed by atoms with E-state index in [1.807, 2.05) is 30.3 Å². The molecule has 4 rings (SSSR count). The number of para-hydroxylation sites is 2. The SMILES string of the molecule is O=C(COc1ccc(Br)cc1Cl)N1CCn2c1nc1ccccc12. The van der Waals surface area contributed by atoms with Gasteiger partial charge < -0.3 is 9.30 Å². The summed E-state index contributed by atoms with van der Waals surface area (Å²) in [5, 5.41) is 0.464. The minimum atomic E-state index is -0.136. The Hall–Kier alpha value is -2.05. The molecule has 1 aliphatic rings. The molecule has 1 amide bonds. The van der Waals surface area contributed by atoms with Crippen LogP contribution in [0, 0.1) is 0 Å². The second-order valence-corrected chi connectivity index (χ2v) is 6.78. The summed E-state index contributed by atoms with van der Waals surface area (Å²) in [6.45, 7) is 1.26. The summed E-state index contributed by atoms with van der Waals surface area (Å²) in [6, 6.07) is 13.2. The van der Waals surface area contributed by atoms with E-state index in [-0.39, 0.29) is 12.5 Å². The molecule has 24 heavy (non-hydrogen) atoms. The molecule has 0 unspecified atom stereocenters. The van der Waals surface area contributed by atoms with Crippen LogP contribution in [0.5, 0.6) is 5.75 Å². The molecule has 0 spiro atoms. The molecule has 0 saturated heterocycles. The summed E-state index contributed by atoms with van der Waals surface area (Å²) < 4.78 is 8.49. The first kappa shape index (κ1) is 15.5. The number of rotatable bonds is 3. The van der Waals surface area contributed by atoms with E-state index in [2.05, 4.69) is 25.5 Å². The minimum Gasteiger partial charge on any atom is -0.482 e. The zero-order valence-corrected chi connectivity index (χ0v) is 14.9. The molecule has 0 fully saturated rings. The van der Waals surface area contributed by atoms with Gasteiger partial charge in [0.05, 0.1) is 16.1 Å². The number of amides is 1. The van der Waals surface area contributed by atoms with Gasteiger partial charge in [0.15, 0.2) is 6.61 Å². The molecular formula is C17H13BrClN3O2. The number of imidazole rings is 1. The number of ether oxygens (including phenoxy) is 1. The Kier molecular flexibility index (Phi) is 3.94. The number of benzene rings is 2. The fourth-order valence-corrected chi connectivity index (χ4v) is 3.56. The zero-order chi connectivity index (χ0) is 16.7. The monoisotopic (exact) mass is 405 g/mol. The van der Waals surface area contributed by atoms with Crippen molar-refractivity contribution in [3.05, 3.63) is 52.0 Å². The number of nitrogens with zero attached hydrogens (tertiary/aromatic N) is 3. The molecule has 7 heteroatoms. The van der Waals surface area contributed by atoms with Gasteiger partial charge in [0, 0.05) is 17.6 Å². The standard InChI is InChI=1S/C17H13BrClN3O2/c18-11-5-6-15(12(19)9-11)24-10-16(23)22-8-7-21-14-4-2-1-3-13(14)20-17(21)22/h1-6,9H,7-8,10H2. The van der Waals surface area contributed by atoms with Gasteiger partial charge in [0.2, 0.25) is 5.95 Å². The molecule has 0 aliphatic carbocycles. The van der Waals surface area contributed by atoms with Gasteiger partial charge in [-0.25, -0.2) is 4.98 Å². The van der Waals surface area contributed by atoms with E-state index in [0.29, 0.717) is 23.3 Å². The normalized spacial score (nSPS) is 13.3. The molecule has 1 aliphatic heterocycles. The van der Waals surface area contributed by atoms with Crippen LogP contribution in [-0.2, 0) is 11.3 Å². The van der Waals surface area contributed by atoms with Crippen LogP contribution in [0.25, 0.3) is 11.0 Å². The van der Waals surface area contributed by atoms with Crippen LogP contribution in [0.3, 0.4) is 0 Å². The molecule has 0 bridgehead atoms. The number of anilines is 1. The van der Waals surface area contributed by atoms with Gasteiger partial charge in [-0.2, -0.15) is 0 Å². The van der Waals surface area contributed by atoms with Crippen molar-refractivity contribution in [2.24, 2.45) is 0 Å². The molecule has 0 N–H and O–H groups in total. The number of carbonyl (C=O) groups excluding carboxylic acids is 1. The van der Waals surface area contributed by atoms with E-state index in [9.17, 15) is 4.79 Å². The van der Waals surface area contributed by atoms with E-state index < -0.39 is 0 Å². The molecule has 3 aromatic rings. The molecule has 0 radical (unpaired) electrons. The molecule has 2 heterocycles. The molecule has 0 saturated carbocycles. The van der Waals surface area contributed by atoms with Crippen molar-refractivity contribution >= 4 is 50.4 Å². The van der Waals surface area contributed by atoms with Crippen molar-refractivity contribution in [3.63, 3.8) is 0 Å². The predicted molar refractivity (Wildman–Crippen MR) is 96.7 cm³/mol. The molecular weight excluding hydrogens is 394 g/mol. The second-order valence-electron chi connectivity index (χ2n) is 5.46. The van der Waals surface area contributed by atoms with Crippen molar-refractivity contribution in [2.45, 2.75) is 6.54 Å². The van der Waals surface area contributed by atoms with E-state index in [1.54, 1.807) is 17.0 Å². The fourth-order valence-electron chi connectivity index (χ4n) is 2.84. The van der Waals surface area contributed by atoms with Crippen LogP contribution in [0.1, 0.15) is 0 Å². The first-order chi connectivity index (χ1) is 11.6. The van der Waals surface area contributed by atoms with Crippen molar-refractivity contribution in [1.82, 2.24) is 9.55 Å². The summed E-state index contributed by atoms with van der Waals surface area (Å²) in [4.78, 5) is 18.8. The number of hydrogen-bond donors (Lipinski definition) is 0. The second kappa shape index (κ2) is 6.11. The van der Waals surface area contributed by atoms with Gasteiger partial charge in [-0.3, -0.25) is 9.69 Å². The van der Waals surface area contributed by atoms with Crippen molar-refractivity contribution in [3.8, 4) is 5.75 Å². The first-order valence-electron chi connectivity index (χ1n) is 7.47. The van der Waals surface area contributed by atoms with Gasteiger partial charge in [0.25, 0.3) is 5.91 Å². The van der Waals surface area contributed by atoms with Gasteiger partial charge in [0.1, 0.15) is 5.75 Å². The highest BCUT2D eigenvalue weighted by Crippen LogP contribution is 2.29. The van der Waals surface area contributed by atoms with Crippen molar-refractivity contribution in [2.75, 3.05) is 18.1 Å². The van der Waals surface area contributed by atoms with E-state index in [4.69, 9.17) is 16.3 Å². The Bertz CT molecular complexity index is 941. The van der Waals surface area contributed by atoms with Crippen molar-refractivity contribution < 1.29 is 9.53 Å². The molecule has 1 aromatic heterocycles. The van der Waals surface area contributed by atoms with E-state index in [1.165, 1.54) is 0 Å². The van der Waals surface area contributed by atoms with Gasteiger partial charge in [-0.1, -0.05) is 39.7 Å². The highest BCUT2D eigenvalue weighted by molar-refractivity contribution is 9.10. The molecule has 2 aromatic carbocycles. The predicted octanol–water partition coefficient (Wildman–Crippen LogP) is 3.88. The summed E-state index contributed by atoms with van der Waals surface area (Å²) in [5.74, 6) is 1.02. The summed E-state index contributed by atoms with van der Waals surface area (Å²) in [6.07, 6.45) is 0. The Morgan fingerprint density at radius 2 is 2.08 bits per heavy atom. The number of aromatic nitrogens is 2. The minimum absolute atomic E-state index is 0.0788. The molecule has 5 nitrogen and oxygen atoms in total. The number of halogens is 2. The number of hydrogen-bond acceptors (Lipinski definition) is 3. The largest absolute Gasteiger partial charge is 0.482 e. The quantitative estimate of drug-likeness (QED) is 0.663. The lowest BCUT2D eigenvalue weighted by Gasteiger charge is -2.15. The van der Waals surface area contributed by atoms with Gasteiger partial charge >= 0.3 is 0 Å². The third kappa shape index (κ3) is 2.65. The van der Waals surface area contributed by atoms with Crippen molar-refractivity contribution in [1.29, 1.82) is 0 Å². The maximum Gasteiger partial charge on any atom is 0.267 e. The van der Waals surface area contributed by atoms with E-state index in [0.717, 1.165) is 22.1 Å². The number of carbonyl (C=O) groups is 1. The average molecular weight is 407 g/mol. The fraction of sp³-hybridized carbons (Fsp3) is 0.176. The van der Waals surface area contributed by atoms with Crippen LogP contribution in [0.2, 0.25) is 5.02 Å². The topological polar surface area (TPSA) is 47.4 Å². The van der Waals surface area contributed by atoms with Crippen LogP contribution < -0.4 is 9.64 Å². The Morgan fingerprint density at radius 3 is 2.92 bits per heavy atom. The average Bonchev–Trinajstić information content (AvgIpc) is 3.12. The van der Waals surface area contributed by atoms with Gasteiger partial charge in [-0.15, -0.1) is 0 Å². The lowest BCUT2D eigenvalue weighted by Crippen LogP contribution is -2.33. The highest BCUT2D eigenvalue weighted by atomic mass is 79.9. The third-order valence-electron chi connectivity index (χ3n) is 3.97. The molecule has 0 atom stereocenters. The van der Waals surface area contributed by atoms with Crippen LogP contribution >= 0.6 is 27.5 Å². The van der Waals surface area contributed by atoms with Gasteiger partial charge in [-0.05, 0) is 30.3 Å². The third-order valence-corrected chi connectivity index (χ3v) is 4.76. The highest BCUT2D eigenvalue weighted by Gasteiger charge is 2.28. The molecule has 122 valence electrons. The van der Waals surface area contributed by atoms with E-state index >= 15 is 0 Å². The maximum absolute atomic E-state index is 12.5. The Balaban J connectivity index is 1.52. The lowest BCUT2D eigenvalue weighted by molar-refractivity contribution is -0.120. The summed E-state index contributed by atoms with van der Waals surface area (Å²) >= 11 is 9.45. The zero-order valence-electron chi connectivity index (χ0n) is 12.6. The summed E-state index contributed by atoms with van der Waals surface area (Å²) in [5.41, 5.74) is 1.93. The van der Waals surface area contributed by atoms with Crippen LogP contribution in [0.4, 0.5) is 5.95 Å². The Morgan fingerprint density at radius 1 is 1.25 bits per heavy atom. The number of fused-ring (bicyclic) bond motifs is 3. The van der Waals surface area contributed by atoms with Crippen LogP contribution in [-0.4, -0.2) is 28.6 Å². The first-order valence-corrected chi connectivity index (χ1v) is 8.64. The lowest BCUT2D eigenvalue weighted by atomic mass is 10.3. The summed E-state index contributed by atoms with van der Waals surface area (Å²) in [7, 11) is 0. The Labute approximate surface area is 151 Å². The maximum atomic E-state index is 12.5. The smallest absolute Gasteiger partial charge is 0.267 e.